The van der Waals surface area contributed by atoms with Crippen molar-refractivity contribution >= 4 is 6.29 Å². The molecule has 0 aliphatic heterocycles. The van der Waals surface area contributed by atoms with Crippen LogP contribution in [0.15, 0.2) is 11.1 Å². The molecule has 0 bridgehead atoms. The second-order valence-electron chi connectivity index (χ2n) is 3.73. The van der Waals surface area contributed by atoms with Crippen molar-refractivity contribution in [3.63, 3.8) is 0 Å². The lowest BCUT2D eigenvalue weighted by Gasteiger charge is -2.11. The van der Waals surface area contributed by atoms with E-state index in [4.69, 9.17) is 0 Å². The molecule has 0 amide bonds. The maximum atomic E-state index is 10.7. The average Bonchev–Trinajstić information content (AvgIpc) is 2.25. The van der Waals surface area contributed by atoms with Gasteiger partial charge in [0, 0.05) is 17.6 Å². The fourth-order valence-electron chi connectivity index (χ4n) is 1.64. The summed E-state index contributed by atoms with van der Waals surface area (Å²) in [6.45, 7) is 2.17. The molecule has 76 valence electrons. The van der Waals surface area contributed by atoms with Gasteiger partial charge in [-0.1, -0.05) is 25.2 Å². The van der Waals surface area contributed by atoms with Crippen molar-refractivity contribution in [1.29, 1.82) is 0 Å². The van der Waals surface area contributed by atoms with E-state index in [0.29, 0.717) is 0 Å². The van der Waals surface area contributed by atoms with Crippen LogP contribution >= 0.6 is 0 Å². The number of carbonyl (C=O) groups is 1. The van der Waals surface area contributed by atoms with Gasteiger partial charge in [0.2, 0.25) is 0 Å². The first-order valence-electron chi connectivity index (χ1n) is 5.54. The number of carbonyl (C=O) groups excluding carboxylic acids is 1. The maximum Gasteiger partial charge on any atom is 0.146 e. The van der Waals surface area contributed by atoms with E-state index in [0.717, 1.165) is 49.5 Å². The zero-order valence-corrected chi connectivity index (χ0v) is 8.94. The van der Waals surface area contributed by atoms with Gasteiger partial charge in [-0.05, 0) is 32.1 Å². The lowest BCUT2D eigenvalue weighted by atomic mass is 9.93. The molecule has 0 N–H and O–H groups in total. The first kappa shape index (κ1) is 11.0. The summed E-state index contributed by atoms with van der Waals surface area (Å²) in [6, 6.07) is 0. The summed E-state index contributed by atoms with van der Waals surface area (Å²) in [6.07, 6.45) is 8.58. The molecule has 0 fully saturated rings. The molecule has 1 aliphatic rings. The number of aldehydes is 1. The Balaban J connectivity index is 2.57. The first-order valence-corrected chi connectivity index (χ1v) is 5.54. The van der Waals surface area contributed by atoms with Gasteiger partial charge in [-0.15, -0.1) is 0 Å². The smallest absolute Gasteiger partial charge is 0.146 e. The minimum absolute atomic E-state index is 0.932. The standard InChI is InChI=1S/C13H18O/c1-2-3-4-5-8-12-9-6-7-10-13(12)11-14/h11H,2-4,6-7,9-10H2,1H3. The van der Waals surface area contributed by atoms with Gasteiger partial charge in [0.1, 0.15) is 6.29 Å². The Morgan fingerprint density at radius 2 is 2.14 bits per heavy atom. The number of hydrogen-bond acceptors (Lipinski definition) is 1. The Hall–Kier alpha value is -1.03. The molecule has 0 radical (unpaired) electrons. The second kappa shape index (κ2) is 6.43. The van der Waals surface area contributed by atoms with Crippen LogP contribution in [0, 0.1) is 11.8 Å². The van der Waals surface area contributed by atoms with Crippen LogP contribution in [0.25, 0.3) is 0 Å². The second-order valence-corrected chi connectivity index (χ2v) is 3.73. The third kappa shape index (κ3) is 3.38. The van der Waals surface area contributed by atoms with Gasteiger partial charge in [0.25, 0.3) is 0 Å². The normalized spacial score (nSPS) is 16.1. The summed E-state index contributed by atoms with van der Waals surface area (Å²) in [5, 5.41) is 0. The third-order valence-corrected chi connectivity index (χ3v) is 2.55. The summed E-state index contributed by atoms with van der Waals surface area (Å²) < 4.78 is 0. The van der Waals surface area contributed by atoms with E-state index >= 15 is 0 Å². The Morgan fingerprint density at radius 1 is 1.36 bits per heavy atom. The SMILES string of the molecule is CCCCC#CC1=C(C=O)CCCC1. The predicted molar refractivity (Wildman–Crippen MR) is 58.9 cm³/mol. The molecular formula is C13H18O. The zero-order chi connectivity index (χ0) is 10.2. The molecule has 0 spiro atoms. The van der Waals surface area contributed by atoms with Crippen molar-refractivity contribution in [3.05, 3.63) is 11.1 Å². The minimum atomic E-state index is 0.932. The maximum absolute atomic E-state index is 10.7. The van der Waals surface area contributed by atoms with E-state index in [1.54, 1.807) is 0 Å². The van der Waals surface area contributed by atoms with Crippen LogP contribution in [0.5, 0.6) is 0 Å². The Labute approximate surface area is 86.6 Å². The van der Waals surface area contributed by atoms with Crippen LogP contribution in [-0.4, -0.2) is 6.29 Å². The van der Waals surface area contributed by atoms with Crippen LogP contribution in [0.1, 0.15) is 51.9 Å². The molecule has 0 aromatic rings. The third-order valence-electron chi connectivity index (χ3n) is 2.55. The number of allylic oxidation sites excluding steroid dienone is 2. The Bertz CT molecular complexity index is 275. The summed E-state index contributed by atoms with van der Waals surface area (Å²) >= 11 is 0. The highest BCUT2D eigenvalue weighted by atomic mass is 16.1. The molecule has 0 heterocycles. The highest BCUT2D eigenvalue weighted by Crippen LogP contribution is 2.22. The topological polar surface area (TPSA) is 17.1 Å². The lowest BCUT2D eigenvalue weighted by Crippen LogP contribution is -1.99. The zero-order valence-electron chi connectivity index (χ0n) is 8.94. The predicted octanol–water partition coefficient (Wildman–Crippen LogP) is 3.25. The summed E-state index contributed by atoms with van der Waals surface area (Å²) in [5.41, 5.74) is 2.04. The van der Waals surface area contributed by atoms with Crippen molar-refractivity contribution in [3.8, 4) is 11.8 Å². The van der Waals surface area contributed by atoms with E-state index < -0.39 is 0 Å². The van der Waals surface area contributed by atoms with E-state index in [2.05, 4.69) is 18.8 Å². The largest absolute Gasteiger partial charge is 0.298 e. The van der Waals surface area contributed by atoms with E-state index in [9.17, 15) is 4.79 Å². The van der Waals surface area contributed by atoms with Crippen molar-refractivity contribution in [2.45, 2.75) is 51.9 Å². The fourth-order valence-corrected chi connectivity index (χ4v) is 1.64. The molecule has 1 heteroatoms. The number of hydrogen-bond donors (Lipinski definition) is 0. The molecule has 1 rings (SSSR count). The van der Waals surface area contributed by atoms with Gasteiger partial charge in [-0.2, -0.15) is 0 Å². The summed E-state index contributed by atoms with van der Waals surface area (Å²) in [4.78, 5) is 10.7. The molecule has 14 heavy (non-hydrogen) atoms. The molecular weight excluding hydrogens is 172 g/mol. The Morgan fingerprint density at radius 3 is 2.86 bits per heavy atom. The van der Waals surface area contributed by atoms with Crippen LogP contribution < -0.4 is 0 Å². The molecule has 0 aromatic heterocycles. The minimum Gasteiger partial charge on any atom is -0.298 e. The van der Waals surface area contributed by atoms with Crippen molar-refractivity contribution in [2.75, 3.05) is 0 Å². The quantitative estimate of drug-likeness (QED) is 0.379. The molecule has 0 unspecified atom stereocenters. The highest BCUT2D eigenvalue weighted by Gasteiger charge is 2.09. The van der Waals surface area contributed by atoms with E-state index in [1.165, 1.54) is 12.8 Å². The van der Waals surface area contributed by atoms with Gasteiger partial charge < -0.3 is 0 Å². The van der Waals surface area contributed by atoms with E-state index in [1.807, 2.05) is 0 Å². The van der Waals surface area contributed by atoms with Gasteiger partial charge in [-0.3, -0.25) is 4.79 Å². The monoisotopic (exact) mass is 190 g/mol. The molecule has 0 saturated carbocycles. The average molecular weight is 190 g/mol. The summed E-state index contributed by atoms with van der Waals surface area (Å²) in [5.74, 6) is 6.31. The van der Waals surface area contributed by atoms with Crippen LogP contribution in [0.2, 0.25) is 0 Å². The molecule has 0 atom stereocenters. The van der Waals surface area contributed by atoms with Gasteiger partial charge in [0.05, 0.1) is 0 Å². The van der Waals surface area contributed by atoms with Crippen LogP contribution in [0.3, 0.4) is 0 Å². The van der Waals surface area contributed by atoms with Crippen molar-refractivity contribution in [1.82, 2.24) is 0 Å². The van der Waals surface area contributed by atoms with E-state index in [-0.39, 0.29) is 0 Å². The number of rotatable bonds is 3. The number of unbranched alkanes of at least 4 members (excludes halogenated alkanes) is 2. The van der Waals surface area contributed by atoms with Gasteiger partial charge >= 0.3 is 0 Å². The molecule has 0 saturated heterocycles. The molecule has 1 aliphatic carbocycles. The first-order chi connectivity index (χ1) is 6.88. The van der Waals surface area contributed by atoms with Gasteiger partial charge in [-0.25, -0.2) is 0 Å². The Kier molecular flexibility index (Phi) is 5.07. The van der Waals surface area contributed by atoms with Crippen molar-refractivity contribution in [2.24, 2.45) is 0 Å². The molecule has 1 nitrogen and oxygen atoms in total. The summed E-state index contributed by atoms with van der Waals surface area (Å²) in [7, 11) is 0. The lowest BCUT2D eigenvalue weighted by molar-refractivity contribution is -0.105. The molecule has 0 aromatic carbocycles. The van der Waals surface area contributed by atoms with Crippen LogP contribution in [0.4, 0.5) is 0 Å². The fraction of sp³-hybridized carbons (Fsp3) is 0.615. The van der Waals surface area contributed by atoms with Crippen molar-refractivity contribution < 1.29 is 4.79 Å². The van der Waals surface area contributed by atoms with Gasteiger partial charge in [0.15, 0.2) is 0 Å². The highest BCUT2D eigenvalue weighted by molar-refractivity contribution is 5.76. The van der Waals surface area contributed by atoms with Crippen LogP contribution in [-0.2, 0) is 4.79 Å².